The van der Waals surface area contributed by atoms with Gasteiger partial charge >= 0.3 is 5.97 Å². The van der Waals surface area contributed by atoms with Crippen LogP contribution in [0.1, 0.15) is 6.92 Å². The average Bonchev–Trinajstić information content (AvgIpc) is 2.97. The number of carboxylic acid groups (broad SMARTS) is 1. The molecule has 2 aromatic rings. The number of benzene rings is 1. The zero-order valence-corrected chi connectivity index (χ0v) is 13.0. The molecule has 9 heteroatoms. The zero-order valence-electron chi connectivity index (χ0n) is 12.2. The van der Waals surface area contributed by atoms with Gasteiger partial charge in [-0.3, -0.25) is 0 Å². The summed E-state index contributed by atoms with van der Waals surface area (Å²) >= 11 is 0. The van der Waals surface area contributed by atoms with Gasteiger partial charge in [-0.15, -0.1) is 0 Å². The summed E-state index contributed by atoms with van der Waals surface area (Å²) in [5, 5.41) is 9.33. The number of nitrogens with zero attached hydrogens (tertiary/aromatic N) is 1. The molecule has 1 aromatic heterocycles. The molecular weight excluding hydrogens is 329 g/mol. The normalized spacial score (nSPS) is 23.2. The number of aliphatic carboxylic acids is 1. The van der Waals surface area contributed by atoms with Crippen LogP contribution in [0.5, 0.6) is 0 Å². The molecule has 1 fully saturated rings. The Labute approximate surface area is 131 Å². The minimum absolute atomic E-state index is 0.0158. The summed E-state index contributed by atoms with van der Waals surface area (Å²) < 4.78 is 50.5. The molecule has 124 valence electrons. The van der Waals surface area contributed by atoms with Gasteiger partial charge in [-0.1, -0.05) is 0 Å². The summed E-state index contributed by atoms with van der Waals surface area (Å²) in [4.78, 5) is 11.2. The van der Waals surface area contributed by atoms with E-state index in [4.69, 9.17) is 9.15 Å². The fourth-order valence-corrected chi connectivity index (χ4v) is 4.22. The first-order valence-corrected chi connectivity index (χ1v) is 8.23. The van der Waals surface area contributed by atoms with E-state index < -0.39 is 27.4 Å². The third kappa shape index (κ3) is 2.50. The van der Waals surface area contributed by atoms with Gasteiger partial charge in [0, 0.05) is 11.9 Å². The molecule has 0 saturated carbocycles. The first-order chi connectivity index (χ1) is 10.8. The van der Waals surface area contributed by atoms with Crippen LogP contribution in [0.2, 0.25) is 0 Å². The van der Waals surface area contributed by atoms with Crippen molar-refractivity contribution >= 4 is 27.0 Å². The van der Waals surface area contributed by atoms with Crippen molar-refractivity contribution in [2.45, 2.75) is 17.4 Å². The van der Waals surface area contributed by atoms with Gasteiger partial charge in [0.05, 0.1) is 24.3 Å². The van der Waals surface area contributed by atoms with Crippen LogP contribution in [0.3, 0.4) is 0 Å². The van der Waals surface area contributed by atoms with Crippen LogP contribution in [-0.4, -0.2) is 49.1 Å². The number of carbonyl (C=O) groups is 1. The van der Waals surface area contributed by atoms with Crippen LogP contribution in [0.25, 0.3) is 11.0 Å². The molecule has 1 N–H and O–H groups in total. The average molecular weight is 343 g/mol. The molecule has 0 aliphatic carbocycles. The van der Waals surface area contributed by atoms with Crippen LogP contribution >= 0.6 is 0 Å². The van der Waals surface area contributed by atoms with E-state index in [0.29, 0.717) is 0 Å². The maximum atomic E-state index is 13.7. The fraction of sp³-hybridized carbons (Fsp3) is 0.357. The molecule has 1 unspecified atom stereocenters. The predicted octanol–water partition coefficient (Wildman–Crippen LogP) is 1.44. The number of sulfonamides is 1. The molecule has 0 bridgehead atoms. The van der Waals surface area contributed by atoms with Gasteiger partial charge in [0.1, 0.15) is 0 Å². The summed E-state index contributed by atoms with van der Waals surface area (Å²) in [6.45, 7) is 0.955. The van der Waals surface area contributed by atoms with Crippen molar-refractivity contribution in [1.29, 1.82) is 0 Å². The number of fused-ring (bicyclic) bond motifs is 1. The summed E-state index contributed by atoms with van der Waals surface area (Å²) in [5.74, 6) is -1.91. The van der Waals surface area contributed by atoms with E-state index in [0.717, 1.165) is 16.4 Å². The predicted molar refractivity (Wildman–Crippen MR) is 76.9 cm³/mol. The van der Waals surface area contributed by atoms with Gasteiger partial charge in [0.2, 0.25) is 10.0 Å². The molecule has 1 atom stereocenters. The van der Waals surface area contributed by atoms with Crippen molar-refractivity contribution in [3.05, 3.63) is 30.3 Å². The van der Waals surface area contributed by atoms with Gasteiger partial charge in [-0.2, -0.15) is 4.31 Å². The van der Waals surface area contributed by atoms with Crippen LogP contribution in [0.15, 0.2) is 33.8 Å². The van der Waals surface area contributed by atoms with Crippen molar-refractivity contribution in [2.24, 2.45) is 0 Å². The Morgan fingerprint density at radius 1 is 1.39 bits per heavy atom. The standard InChI is InChI=1S/C14H14FNO6S/c1-14(13(17)18)8-16(5-7-22-14)23(19,20)11-3-2-10(15)12-9(11)4-6-21-12/h2-4,6H,5,7-8H2,1H3,(H,17,18). The number of hydrogen-bond donors (Lipinski definition) is 1. The molecule has 1 saturated heterocycles. The largest absolute Gasteiger partial charge is 0.479 e. The van der Waals surface area contributed by atoms with Crippen LogP contribution < -0.4 is 0 Å². The van der Waals surface area contributed by atoms with E-state index in [2.05, 4.69) is 0 Å². The molecule has 1 aliphatic heterocycles. The first-order valence-electron chi connectivity index (χ1n) is 6.79. The highest BCUT2D eigenvalue weighted by atomic mass is 32.2. The van der Waals surface area contributed by atoms with Crippen molar-refractivity contribution in [2.75, 3.05) is 19.7 Å². The van der Waals surface area contributed by atoms with E-state index >= 15 is 0 Å². The minimum Gasteiger partial charge on any atom is -0.479 e. The Bertz CT molecular complexity index is 877. The first kappa shape index (κ1) is 15.9. The highest BCUT2D eigenvalue weighted by Gasteiger charge is 2.43. The maximum Gasteiger partial charge on any atom is 0.337 e. The van der Waals surface area contributed by atoms with Gasteiger partial charge in [0.15, 0.2) is 17.0 Å². The van der Waals surface area contributed by atoms with E-state index in [9.17, 15) is 22.7 Å². The smallest absolute Gasteiger partial charge is 0.337 e. The van der Waals surface area contributed by atoms with E-state index in [1.54, 1.807) is 0 Å². The molecule has 3 rings (SSSR count). The quantitative estimate of drug-likeness (QED) is 0.906. The molecule has 23 heavy (non-hydrogen) atoms. The van der Waals surface area contributed by atoms with Crippen molar-refractivity contribution in [3.8, 4) is 0 Å². The Hall–Kier alpha value is -1.97. The Kier molecular flexibility index (Phi) is 3.66. The highest BCUT2D eigenvalue weighted by Crippen LogP contribution is 2.30. The van der Waals surface area contributed by atoms with Gasteiger partial charge in [-0.25, -0.2) is 17.6 Å². The molecule has 7 nitrogen and oxygen atoms in total. The van der Waals surface area contributed by atoms with E-state index in [1.807, 2.05) is 0 Å². The van der Waals surface area contributed by atoms with Gasteiger partial charge in [-0.05, 0) is 25.1 Å². The molecule has 0 amide bonds. The lowest BCUT2D eigenvalue weighted by molar-refractivity contribution is -0.170. The number of ether oxygens (including phenoxy) is 1. The van der Waals surface area contributed by atoms with E-state index in [-0.39, 0.29) is 35.6 Å². The fourth-order valence-electron chi connectivity index (χ4n) is 2.54. The monoisotopic (exact) mass is 343 g/mol. The molecule has 2 heterocycles. The topological polar surface area (TPSA) is 97.1 Å². The minimum atomic E-state index is -4.02. The lowest BCUT2D eigenvalue weighted by Gasteiger charge is -2.36. The Balaban J connectivity index is 2.06. The summed E-state index contributed by atoms with van der Waals surface area (Å²) in [7, 11) is -4.02. The highest BCUT2D eigenvalue weighted by molar-refractivity contribution is 7.89. The molecule has 0 spiro atoms. The second-order valence-electron chi connectivity index (χ2n) is 5.43. The SMILES string of the molecule is CC1(C(=O)O)CN(S(=O)(=O)c2ccc(F)c3occc23)CCO1. The van der Waals surface area contributed by atoms with E-state index in [1.165, 1.54) is 19.3 Å². The van der Waals surface area contributed by atoms with Gasteiger partial charge in [0.25, 0.3) is 0 Å². The number of halogens is 1. The third-order valence-electron chi connectivity index (χ3n) is 3.84. The number of hydrogen-bond acceptors (Lipinski definition) is 5. The lowest BCUT2D eigenvalue weighted by Crippen LogP contribution is -2.56. The second kappa shape index (κ2) is 5.29. The Morgan fingerprint density at radius 3 is 2.83 bits per heavy atom. The maximum absolute atomic E-state index is 13.7. The van der Waals surface area contributed by atoms with Gasteiger partial charge < -0.3 is 14.3 Å². The lowest BCUT2D eigenvalue weighted by atomic mass is 10.1. The van der Waals surface area contributed by atoms with Crippen molar-refractivity contribution in [1.82, 2.24) is 4.31 Å². The van der Waals surface area contributed by atoms with Crippen LogP contribution in [0.4, 0.5) is 4.39 Å². The molecule has 1 aromatic carbocycles. The summed E-state index contributed by atoms with van der Waals surface area (Å²) in [5.41, 5.74) is -1.78. The number of rotatable bonds is 3. The second-order valence-corrected chi connectivity index (χ2v) is 7.34. The third-order valence-corrected chi connectivity index (χ3v) is 5.74. The van der Waals surface area contributed by atoms with Crippen molar-refractivity contribution < 1.29 is 31.9 Å². The van der Waals surface area contributed by atoms with Crippen LogP contribution in [-0.2, 0) is 19.6 Å². The number of carboxylic acids is 1. The number of morpholine rings is 1. The summed E-state index contributed by atoms with van der Waals surface area (Å²) in [6.07, 6.45) is 1.20. The molecule has 0 radical (unpaired) electrons. The summed E-state index contributed by atoms with van der Waals surface area (Å²) in [6, 6.07) is 3.52. The van der Waals surface area contributed by atoms with Crippen molar-refractivity contribution in [3.63, 3.8) is 0 Å². The molecular formula is C14H14FNO6S. The Morgan fingerprint density at radius 2 is 2.13 bits per heavy atom. The molecule has 1 aliphatic rings. The van der Waals surface area contributed by atoms with Crippen LogP contribution in [0, 0.1) is 5.82 Å². The number of furan rings is 1. The zero-order chi connectivity index (χ0) is 16.8.